The first-order valence-electron chi connectivity index (χ1n) is 13.9. The van der Waals surface area contributed by atoms with Crippen molar-refractivity contribution in [3.8, 4) is 0 Å². The summed E-state index contributed by atoms with van der Waals surface area (Å²) in [5.74, 6) is -1.76. The highest BCUT2D eigenvalue weighted by Gasteiger charge is 2.29. The summed E-state index contributed by atoms with van der Waals surface area (Å²) in [5.41, 5.74) is -0.748. The first-order valence-corrected chi connectivity index (χ1v) is 14.7. The molecule has 0 bridgehead atoms. The fourth-order valence-electron chi connectivity index (χ4n) is 5.18. The number of amides is 2. The summed E-state index contributed by atoms with van der Waals surface area (Å²) in [6.45, 7) is 0.0187. The zero-order chi connectivity index (χ0) is 30.1. The average molecular weight is 599 g/mol. The van der Waals surface area contributed by atoms with Gasteiger partial charge in [0.15, 0.2) is 0 Å². The standard InChI is InChI=1S/C32H33F3N2O4S/c33-32(34,35)42-27-16-14-26(15-17-27)37-31(41)28(24-12-10-23(11-13-24)22-4-2-1-3-5-22)20-21-6-8-25(9-7-21)30(40)36-19-18-29(38)39/h6-17,22,28H,1-5,18-20H2,(H,36,40)(H,37,41)(H,38,39). The Balaban J connectivity index is 1.50. The van der Waals surface area contributed by atoms with Gasteiger partial charge < -0.3 is 15.7 Å². The lowest BCUT2D eigenvalue weighted by Gasteiger charge is -2.23. The van der Waals surface area contributed by atoms with E-state index < -0.39 is 17.4 Å². The maximum absolute atomic E-state index is 13.6. The number of anilines is 1. The lowest BCUT2D eigenvalue weighted by Crippen LogP contribution is -2.26. The summed E-state index contributed by atoms with van der Waals surface area (Å²) in [6.07, 6.45) is 6.15. The first kappa shape index (κ1) is 31.2. The van der Waals surface area contributed by atoms with Crippen LogP contribution in [0, 0.1) is 0 Å². The monoisotopic (exact) mass is 598 g/mol. The second-order valence-corrected chi connectivity index (χ2v) is 11.6. The van der Waals surface area contributed by atoms with Crippen LogP contribution in [0.15, 0.2) is 77.7 Å². The number of carboxylic acids is 1. The Morgan fingerprint density at radius 1 is 0.881 bits per heavy atom. The minimum absolute atomic E-state index is 0.0187. The molecule has 0 saturated heterocycles. The van der Waals surface area contributed by atoms with E-state index in [0.717, 1.165) is 24.0 Å². The number of carbonyl (C=O) groups is 3. The molecule has 0 heterocycles. The van der Waals surface area contributed by atoms with Crippen molar-refractivity contribution in [1.29, 1.82) is 0 Å². The van der Waals surface area contributed by atoms with Crippen LogP contribution in [-0.2, 0) is 16.0 Å². The van der Waals surface area contributed by atoms with E-state index in [-0.39, 0.29) is 41.4 Å². The molecule has 0 radical (unpaired) electrons. The Morgan fingerprint density at radius 2 is 1.52 bits per heavy atom. The van der Waals surface area contributed by atoms with E-state index in [1.807, 2.05) is 12.1 Å². The van der Waals surface area contributed by atoms with Crippen molar-refractivity contribution in [1.82, 2.24) is 5.32 Å². The number of thioether (sulfide) groups is 1. The van der Waals surface area contributed by atoms with Crippen LogP contribution in [-0.4, -0.2) is 34.9 Å². The van der Waals surface area contributed by atoms with Crippen LogP contribution in [0.2, 0.25) is 0 Å². The van der Waals surface area contributed by atoms with E-state index >= 15 is 0 Å². The molecule has 2 amide bonds. The highest BCUT2D eigenvalue weighted by molar-refractivity contribution is 8.00. The van der Waals surface area contributed by atoms with Crippen LogP contribution in [0.25, 0.3) is 0 Å². The Labute approximate surface area is 247 Å². The fraction of sp³-hybridized carbons (Fsp3) is 0.344. The summed E-state index contributed by atoms with van der Waals surface area (Å²) in [7, 11) is 0. The number of carbonyl (C=O) groups excluding carboxylic acids is 2. The molecule has 0 aliphatic heterocycles. The van der Waals surface area contributed by atoms with Gasteiger partial charge in [0.25, 0.3) is 5.91 Å². The number of hydrogen-bond donors (Lipinski definition) is 3. The highest BCUT2D eigenvalue weighted by Crippen LogP contribution is 2.37. The Bertz CT molecular complexity index is 1350. The van der Waals surface area contributed by atoms with Crippen molar-refractivity contribution in [2.45, 2.75) is 67.2 Å². The molecule has 0 aromatic heterocycles. The number of hydrogen-bond acceptors (Lipinski definition) is 4. The SMILES string of the molecule is O=C(O)CCNC(=O)c1ccc(CC(C(=O)Nc2ccc(SC(F)(F)F)cc2)c2ccc(C3CCCCC3)cc2)cc1. The van der Waals surface area contributed by atoms with E-state index in [2.05, 4.69) is 22.8 Å². The van der Waals surface area contributed by atoms with Gasteiger partial charge in [-0.05, 0) is 90.0 Å². The second-order valence-electron chi connectivity index (χ2n) is 10.4. The number of rotatable bonds is 11. The minimum Gasteiger partial charge on any atom is -0.481 e. The van der Waals surface area contributed by atoms with Crippen LogP contribution >= 0.6 is 11.8 Å². The zero-order valence-corrected chi connectivity index (χ0v) is 23.8. The van der Waals surface area contributed by atoms with Crippen molar-refractivity contribution < 1.29 is 32.7 Å². The molecule has 4 rings (SSSR count). The summed E-state index contributed by atoms with van der Waals surface area (Å²) in [4.78, 5) is 36.6. The first-order chi connectivity index (χ1) is 20.1. The molecule has 1 atom stereocenters. The van der Waals surface area contributed by atoms with Crippen LogP contribution in [0.5, 0.6) is 0 Å². The van der Waals surface area contributed by atoms with Crippen LogP contribution in [0.1, 0.15) is 77.4 Å². The Kier molecular flexibility index (Phi) is 10.7. The molecule has 3 aromatic carbocycles. The van der Waals surface area contributed by atoms with Crippen molar-refractivity contribution >= 4 is 35.2 Å². The predicted molar refractivity (Wildman–Crippen MR) is 157 cm³/mol. The summed E-state index contributed by atoms with van der Waals surface area (Å²) >= 11 is -0.212. The largest absolute Gasteiger partial charge is 0.481 e. The topological polar surface area (TPSA) is 95.5 Å². The number of alkyl halides is 3. The van der Waals surface area contributed by atoms with E-state index in [0.29, 0.717) is 23.6 Å². The predicted octanol–water partition coefficient (Wildman–Crippen LogP) is 7.52. The molecule has 10 heteroatoms. The summed E-state index contributed by atoms with van der Waals surface area (Å²) < 4.78 is 38.1. The highest BCUT2D eigenvalue weighted by atomic mass is 32.2. The molecule has 42 heavy (non-hydrogen) atoms. The van der Waals surface area contributed by atoms with Crippen LogP contribution in [0.4, 0.5) is 18.9 Å². The van der Waals surface area contributed by atoms with Crippen LogP contribution < -0.4 is 10.6 Å². The van der Waals surface area contributed by atoms with Gasteiger partial charge in [0, 0.05) is 22.7 Å². The Morgan fingerprint density at radius 3 is 2.12 bits per heavy atom. The molecule has 1 saturated carbocycles. The van der Waals surface area contributed by atoms with Gasteiger partial charge in [-0.2, -0.15) is 13.2 Å². The molecule has 1 aliphatic carbocycles. The molecule has 1 unspecified atom stereocenters. The molecule has 0 spiro atoms. The Hall–Kier alpha value is -3.79. The quantitative estimate of drug-likeness (QED) is 0.199. The summed E-state index contributed by atoms with van der Waals surface area (Å²) in [5, 5.41) is 14.2. The smallest absolute Gasteiger partial charge is 0.446 e. The molecule has 1 aliphatic rings. The van der Waals surface area contributed by atoms with Gasteiger partial charge in [0.2, 0.25) is 5.91 Å². The van der Waals surface area contributed by atoms with Gasteiger partial charge in [0.1, 0.15) is 0 Å². The number of halogens is 3. The summed E-state index contributed by atoms with van der Waals surface area (Å²) in [6, 6.07) is 20.4. The molecule has 6 nitrogen and oxygen atoms in total. The van der Waals surface area contributed by atoms with Crippen molar-refractivity contribution in [3.05, 3.63) is 95.1 Å². The third kappa shape index (κ3) is 9.37. The lowest BCUT2D eigenvalue weighted by atomic mass is 9.83. The van der Waals surface area contributed by atoms with E-state index in [4.69, 9.17) is 5.11 Å². The molecule has 1 fully saturated rings. The third-order valence-corrected chi connectivity index (χ3v) is 8.11. The zero-order valence-electron chi connectivity index (χ0n) is 23.0. The lowest BCUT2D eigenvalue weighted by molar-refractivity contribution is -0.136. The number of nitrogens with one attached hydrogen (secondary N) is 2. The maximum Gasteiger partial charge on any atom is 0.446 e. The van der Waals surface area contributed by atoms with Gasteiger partial charge in [-0.25, -0.2) is 0 Å². The molecular weight excluding hydrogens is 565 g/mol. The second kappa shape index (κ2) is 14.4. The molecule has 3 N–H and O–H groups in total. The van der Waals surface area contributed by atoms with Gasteiger partial charge in [-0.3, -0.25) is 14.4 Å². The van der Waals surface area contributed by atoms with Crippen molar-refractivity contribution in [3.63, 3.8) is 0 Å². The number of carboxylic acid groups (broad SMARTS) is 1. The van der Waals surface area contributed by atoms with Gasteiger partial charge in [-0.1, -0.05) is 55.7 Å². The van der Waals surface area contributed by atoms with Crippen molar-refractivity contribution in [2.75, 3.05) is 11.9 Å². The van der Waals surface area contributed by atoms with Gasteiger partial charge in [0.05, 0.1) is 12.3 Å². The van der Waals surface area contributed by atoms with E-state index in [1.165, 1.54) is 49.1 Å². The average Bonchev–Trinajstić information content (AvgIpc) is 2.97. The molecule has 3 aromatic rings. The van der Waals surface area contributed by atoms with E-state index in [1.54, 1.807) is 24.3 Å². The number of aliphatic carboxylic acids is 1. The van der Waals surface area contributed by atoms with E-state index in [9.17, 15) is 27.6 Å². The fourth-order valence-corrected chi connectivity index (χ4v) is 5.72. The molecular formula is C32H33F3N2O4S. The van der Waals surface area contributed by atoms with Crippen LogP contribution in [0.3, 0.4) is 0 Å². The third-order valence-electron chi connectivity index (χ3n) is 7.37. The maximum atomic E-state index is 13.6. The van der Waals surface area contributed by atoms with Crippen molar-refractivity contribution in [2.24, 2.45) is 0 Å². The number of benzene rings is 3. The van der Waals surface area contributed by atoms with Gasteiger partial charge >= 0.3 is 11.5 Å². The normalized spacial score (nSPS) is 14.6. The minimum atomic E-state index is -4.39. The van der Waals surface area contributed by atoms with Gasteiger partial charge in [-0.15, -0.1) is 0 Å². The molecule has 222 valence electrons.